The zero-order chi connectivity index (χ0) is 45.5. The van der Waals surface area contributed by atoms with Crippen LogP contribution in [0.4, 0.5) is 0 Å². The predicted octanol–water partition coefficient (Wildman–Crippen LogP) is 17.4. The molecule has 0 atom stereocenters. The van der Waals surface area contributed by atoms with Crippen LogP contribution in [-0.4, -0.2) is 43.3 Å². The van der Waals surface area contributed by atoms with Gasteiger partial charge in [-0.05, 0) is 25.3 Å². The quantitative estimate of drug-likeness (QED) is 0.0475. The van der Waals surface area contributed by atoms with Gasteiger partial charge in [-0.1, -0.05) is 258 Å². The standard InChI is InChI=1S/3C16H32O2.C5H5NO/c3*1-2-3-4-5-6-7-8-9-10-11-12-13-14-15-16(17)18;7-5-3-1-2-4-6-5/h3*2-15H2,1H3,(H,17,18);1-4H,(H,6,7). The number of aliphatic carboxylic acids is 3. The van der Waals surface area contributed by atoms with E-state index in [0.29, 0.717) is 19.3 Å². The van der Waals surface area contributed by atoms with Crippen LogP contribution in [0, 0.1) is 0 Å². The topological polar surface area (TPSA) is 145 Å². The van der Waals surface area contributed by atoms with Gasteiger partial charge < -0.3 is 20.4 Å². The number of unbranched alkanes of at least 4 members (excludes halogenated alkanes) is 36. The van der Waals surface area contributed by atoms with Crippen LogP contribution in [0.1, 0.15) is 290 Å². The lowest BCUT2D eigenvalue weighted by Crippen LogP contribution is -1.93. The van der Waals surface area contributed by atoms with Crippen molar-refractivity contribution in [1.29, 1.82) is 0 Å². The number of carboxylic acid groups (broad SMARTS) is 3. The molecule has 0 aromatic carbocycles. The third-order valence-corrected chi connectivity index (χ3v) is 11.1. The van der Waals surface area contributed by atoms with Gasteiger partial charge in [0.2, 0.25) is 5.88 Å². The van der Waals surface area contributed by atoms with Crippen LogP contribution in [0.15, 0.2) is 24.4 Å². The van der Waals surface area contributed by atoms with Crippen molar-refractivity contribution >= 4 is 17.9 Å². The normalized spacial score (nSPS) is 10.5. The van der Waals surface area contributed by atoms with Crippen molar-refractivity contribution in [3.05, 3.63) is 24.4 Å². The van der Waals surface area contributed by atoms with E-state index in [0.717, 1.165) is 38.5 Å². The summed E-state index contributed by atoms with van der Waals surface area (Å²) in [4.78, 5) is 34.4. The predicted molar refractivity (Wildman–Crippen MR) is 260 cm³/mol. The maximum atomic E-state index is 10.3. The number of nitrogens with zero attached hydrogens (tertiary/aromatic N) is 1. The monoisotopic (exact) mass is 864 g/mol. The van der Waals surface area contributed by atoms with E-state index in [1.54, 1.807) is 12.1 Å². The van der Waals surface area contributed by atoms with E-state index >= 15 is 0 Å². The zero-order valence-corrected chi connectivity index (χ0v) is 40.5. The van der Waals surface area contributed by atoms with E-state index in [4.69, 9.17) is 20.4 Å². The highest BCUT2D eigenvalue weighted by Gasteiger charge is 1.99. The summed E-state index contributed by atoms with van der Waals surface area (Å²) in [6.45, 7) is 6.78. The Morgan fingerprint density at radius 1 is 0.344 bits per heavy atom. The molecule has 8 nitrogen and oxygen atoms in total. The fraction of sp³-hybridized carbons (Fsp3) is 0.849. The lowest BCUT2D eigenvalue weighted by Gasteiger charge is -2.02. The Kier molecular flexibility index (Phi) is 58.9. The molecule has 1 aromatic rings. The van der Waals surface area contributed by atoms with Crippen LogP contribution in [-0.2, 0) is 14.4 Å². The molecular weight excluding hydrogens is 763 g/mol. The van der Waals surface area contributed by atoms with Gasteiger partial charge in [-0.15, -0.1) is 0 Å². The third kappa shape index (κ3) is 69.3. The Morgan fingerprint density at radius 3 is 0.672 bits per heavy atom. The highest BCUT2D eigenvalue weighted by molar-refractivity contribution is 5.67. The second kappa shape index (κ2) is 57.4. The Hall–Kier alpha value is -2.64. The van der Waals surface area contributed by atoms with Crippen molar-refractivity contribution in [2.45, 2.75) is 290 Å². The highest BCUT2D eigenvalue weighted by atomic mass is 16.4. The number of rotatable bonds is 42. The second-order valence-electron chi connectivity index (χ2n) is 17.3. The maximum absolute atomic E-state index is 10.3. The molecule has 360 valence electrons. The molecule has 0 unspecified atom stereocenters. The minimum absolute atomic E-state index is 0.0718. The molecule has 0 aliphatic heterocycles. The van der Waals surface area contributed by atoms with Crippen LogP contribution >= 0.6 is 0 Å². The first-order valence-corrected chi connectivity index (χ1v) is 26.0. The van der Waals surface area contributed by atoms with Gasteiger partial charge in [0.15, 0.2) is 0 Å². The first-order chi connectivity index (χ1) is 29.7. The van der Waals surface area contributed by atoms with Gasteiger partial charge in [-0.2, -0.15) is 0 Å². The number of hydrogen-bond donors (Lipinski definition) is 4. The smallest absolute Gasteiger partial charge is 0.303 e. The minimum atomic E-state index is -0.655. The van der Waals surface area contributed by atoms with Gasteiger partial charge in [0.25, 0.3) is 0 Å². The summed E-state index contributed by atoms with van der Waals surface area (Å²) < 4.78 is 0. The van der Waals surface area contributed by atoms with Crippen LogP contribution in [0.5, 0.6) is 5.88 Å². The highest BCUT2D eigenvalue weighted by Crippen LogP contribution is 2.15. The van der Waals surface area contributed by atoms with Crippen molar-refractivity contribution in [3.8, 4) is 5.88 Å². The lowest BCUT2D eigenvalue weighted by molar-refractivity contribution is -0.138. The molecule has 1 rings (SSSR count). The molecule has 0 aliphatic rings. The van der Waals surface area contributed by atoms with E-state index in [1.807, 2.05) is 0 Å². The molecule has 0 aliphatic carbocycles. The van der Waals surface area contributed by atoms with Crippen molar-refractivity contribution < 1.29 is 34.8 Å². The van der Waals surface area contributed by atoms with Gasteiger partial charge in [0, 0.05) is 31.5 Å². The molecule has 0 radical (unpaired) electrons. The largest absolute Gasteiger partial charge is 0.493 e. The van der Waals surface area contributed by atoms with E-state index in [2.05, 4.69) is 25.8 Å². The summed E-state index contributed by atoms with van der Waals surface area (Å²) in [5, 5.41) is 34.0. The Bertz CT molecular complexity index is 895. The average Bonchev–Trinajstić information content (AvgIpc) is 3.24. The summed E-state index contributed by atoms with van der Waals surface area (Å²) in [5.74, 6) is -1.89. The molecule has 1 aromatic heterocycles. The Balaban J connectivity index is -0.000000763. The molecule has 0 saturated heterocycles. The van der Waals surface area contributed by atoms with Crippen molar-refractivity contribution in [2.24, 2.45) is 0 Å². The average molecular weight is 864 g/mol. The van der Waals surface area contributed by atoms with Crippen LogP contribution < -0.4 is 0 Å². The van der Waals surface area contributed by atoms with Crippen molar-refractivity contribution in [3.63, 3.8) is 0 Å². The van der Waals surface area contributed by atoms with Gasteiger partial charge in [-0.25, -0.2) is 4.98 Å². The minimum Gasteiger partial charge on any atom is -0.493 e. The van der Waals surface area contributed by atoms with Gasteiger partial charge in [0.05, 0.1) is 0 Å². The SMILES string of the molecule is CCCCCCCCCCCCCCCC(=O)O.CCCCCCCCCCCCCCCC(=O)O.CCCCCCCCCCCCCCCC(=O)O.Oc1ccccn1. The Labute approximate surface area is 377 Å². The summed E-state index contributed by atoms with van der Waals surface area (Å²) in [5.41, 5.74) is 0. The molecule has 1 heterocycles. The van der Waals surface area contributed by atoms with Gasteiger partial charge in [0.1, 0.15) is 0 Å². The number of pyridine rings is 1. The Morgan fingerprint density at radius 2 is 0.541 bits per heavy atom. The number of aromatic hydroxyl groups is 1. The molecule has 0 spiro atoms. The van der Waals surface area contributed by atoms with Crippen molar-refractivity contribution in [1.82, 2.24) is 4.98 Å². The molecule has 0 fully saturated rings. The fourth-order valence-electron chi connectivity index (χ4n) is 7.24. The summed E-state index contributed by atoms with van der Waals surface area (Å²) in [6, 6.07) is 5.00. The van der Waals surface area contributed by atoms with Crippen LogP contribution in [0.25, 0.3) is 0 Å². The van der Waals surface area contributed by atoms with E-state index in [9.17, 15) is 14.4 Å². The fourth-order valence-corrected chi connectivity index (χ4v) is 7.24. The molecule has 61 heavy (non-hydrogen) atoms. The first kappa shape index (κ1) is 62.7. The zero-order valence-electron chi connectivity index (χ0n) is 40.5. The first-order valence-electron chi connectivity index (χ1n) is 26.0. The number of carbonyl (C=O) groups is 3. The van der Waals surface area contributed by atoms with Crippen molar-refractivity contribution in [2.75, 3.05) is 0 Å². The maximum Gasteiger partial charge on any atom is 0.303 e. The summed E-state index contributed by atoms with van der Waals surface area (Å²) in [7, 11) is 0. The van der Waals surface area contributed by atoms with Crippen LogP contribution in [0.3, 0.4) is 0 Å². The third-order valence-electron chi connectivity index (χ3n) is 11.1. The van der Waals surface area contributed by atoms with Crippen LogP contribution in [0.2, 0.25) is 0 Å². The number of carboxylic acids is 3. The van der Waals surface area contributed by atoms with E-state index in [-0.39, 0.29) is 5.88 Å². The molecule has 0 bridgehead atoms. The van der Waals surface area contributed by atoms with E-state index < -0.39 is 17.9 Å². The van der Waals surface area contributed by atoms with Gasteiger partial charge >= 0.3 is 17.9 Å². The molecular formula is C53H101NO7. The summed E-state index contributed by atoms with van der Waals surface area (Å²) >= 11 is 0. The van der Waals surface area contributed by atoms with E-state index in [1.165, 1.54) is 224 Å². The number of aromatic nitrogens is 1. The molecule has 0 amide bonds. The van der Waals surface area contributed by atoms with Gasteiger partial charge in [-0.3, -0.25) is 14.4 Å². The molecule has 0 saturated carbocycles. The molecule has 8 heteroatoms. The second-order valence-corrected chi connectivity index (χ2v) is 17.3. The summed E-state index contributed by atoms with van der Waals surface area (Å²) in [6.07, 6.45) is 53.3. The molecule has 4 N–H and O–H groups in total. The number of hydrogen-bond acceptors (Lipinski definition) is 5. The lowest BCUT2D eigenvalue weighted by atomic mass is 10.0.